The molecule has 12 aromatic rings. The third-order valence-electron chi connectivity index (χ3n) is 22.4. The van der Waals surface area contributed by atoms with Crippen LogP contribution in [0.1, 0.15) is 68.0 Å². The Hall–Kier alpha value is -11.1. The van der Waals surface area contributed by atoms with Crippen LogP contribution >= 0.6 is 0 Å². The highest BCUT2D eigenvalue weighted by Gasteiger charge is 2.43. The van der Waals surface area contributed by atoms with Crippen molar-refractivity contribution in [2.75, 3.05) is 87.2 Å². The number of benzene rings is 5. The first-order valence-electron chi connectivity index (χ1n) is 36.0. The molecule has 4 fully saturated rings. The zero-order valence-corrected chi connectivity index (χ0v) is 58.2. The van der Waals surface area contributed by atoms with E-state index in [1.165, 1.54) is 65.3 Å². The van der Waals surface area contributed by atoms with E-state index in [-0.39, 0.29) is 5.82 Å². The van der Waals surface area contributed by atoms with Gasteiger partial charge in [-0.2, -0.15) is 10.5 Å². The van der Waals surface area contributed by atoms with Gasteiger partial charge in [-0.1, -0.05) is 50.2 Å². The smallest absolute Gasteiger partial charge is 0.161 e. The Morgan fingerprint density at radius 3 is 1.61 bits per heavy atom. The van der Waals surface area contributed by atoms with Crippen molar-refractivity contribution in [3.8, 4) is 97.1 Å². The molecular weight excluding hydrogens is 1270 g/mol. The number of aromatic nitrogens is 10. The third-order valence-corrected chi connectivity index (χ3v) is 22.4. The zero-order chi connectivity index (χ0) is 69.2. The van der Waals surface area contributed by atoms with Crippen molar-refractivity contribution in [3.63, 3.8) is 0 Å². The van der Waals surface area contributed by atoms with E-state index in [1.54, 1.807) is 0 Å². The van der Waals surface area contributed by atoms with Crippen LogP contribution in [0.4, 0.5) is 21.6 Å². The van der Waals surface area contributed by atoms with Gasteiger partial charge in [0.1, 0.15) is 11.6 Å². The first-order valence-corrected chi connectivity index (χ1v) is 36.0. The predicted molar refractivity (Wildman–Crippen MR) is 401 cm³/mol. The van der Waals surface area contributed by atoms with Crippen LogP contribution in [0.15, 0.2) is 195 Å². The largest absolute Gasteiger partial charge is 0.371 e. The fraction of sp³-hybridized carbons (Fsp3) is 0.301. The highest BCUT2D eigenvalue weighted by Crippen LogP contribution is 2.42. The summed E-state index contributed by atoms with van der Waals surface area (Å²) in [5, 5.41) is 28.7. The summed E-state index contributed by atoms with van der Waals surface area (Å²) < 4.78 is 26.8. The topological polar surface area (TPSA) is 175 Å². The van der Waals surface area contributed by atoms with E-state index < -0.39 is 0 Å². The summed E-state index contributed by atoms with van der Waals surface area (Å²) in [7, 11) is 2.04. The Morgan fingerprint density at radius 2 is 1.10 bits per heavy atom. The summed E-state index contributed by atoms with van der Waals surface area (Å²) in [5.41, 5.74) is 21.3. The van der Waals surface area contributed by atoms with E-state index in [4.69, 9.17) is 20.5 Å². The summed E-state index contributed by atoms with van der Waals surface area (Å²) in [6.45, 7) is 20.1. The number of nitriles is 2. The molecular formula is C83H83FN18. The first kappa shape index (κ1) is 64.3. The number of pyridine rings is 1. The van der Waals surface area contributed by atoms with Gasteiger partial charge in [0.25, 0.3) is 0 Å². The minimum absolute atomic E-state index is 0.218. The molecule has 0 aliphatic carbocycles. The van der Waals surface area contributed by atoms with Gasteiger partial charge in [0.2, 0.25) is 0 Å². The average molecular weight is 1350 g/mol. The van der Waals surface area contributed by atoms with Crippen LogP contribution in [-0.4, -0.2) is 126 Å². The molecule has 0 saturated carbocycles. The highest BCUT2D eigenvalue weighted by atomic mass is 19.1. The molecule has 0 amide bonds. The number of fused-ring (bicyclic) bond motifs is 15. The number of hydrogen-bond acceptors (Lipinski definition) is 12. The van der Waals surface area contributed by atoms with Crippen LogP contribution in [0.2, 0.25) is 0 Å². The van der Waals surface area contributed by atoms with E-state index in [0.717, 1.165) is 164 Å². The lowest BCUT2D eigenvalue weighted by Gasteiger charge is -2.39. The molecule has 102 heavy (non-hydrogen) atoms. The molecule has 0 radical (unpaired) electrons. The van der Waals surface area contributed by atoms with E-state index in [0.29, 0.717) is 46.9 Å². The maximum atomic E-state index is 13.4. The lowest BCUT2D eigenvalue weighted by molar-refractivity contribution is 0.199. The normalized spacial score (nSPS) is 18.0. The molecule has 19 heteroatoms. The number of hydrogen-bond donors (Lipinski definition) is 3. The van der Waals surface area contributed by atoms with Gasteiger partial charge in [0.05, 0.1) is 69.6 Å². The molecule has 0 unspecified atom stereocenters. The number of nitrogens with one attached hydrogen (secondary N) is 3. The number of anilines is 3. The zero-order valence-electron chi connectivity index (χ0n) is 58.2. The molecule has 5 aromatic carbocycles. The number of rotatable bonds is 12. The fourth-order valence-electron chi connectivity index (χ4n) is 16.3. The van der Waals surface area contributed by atoms with Crippen LogP contribution in [-0.2, 0) is 19.6 Å². The minimum Gasteiger partial charge on any atom is -0.371 e. The second kappa shape index (κ2) is 26.8. The summed E-state index contributed by atoms with van der Waals surface area (Å²) in [6, 6.07) is 51.8. The van der Waals surface area contributed by atoms with Crippen molar-refractivity contribution in [1.82, 2.24) is 63.3 Å². The van der Waals surface area contributed by atoms with Crippen LogP contribution in [0, 0.1) is 51.6 Å². The highest BCUT2D eigenvalue weighted by molar-refractivity contribution is 5.76. The lowest BCUT2D eigenvalue weighted by Crippen LogP contribution is -2.54. The van der Waals surface area contributed by atoms with Crippen LogP contribution < -0.4 is 30.7 Å². The minimum atomic E-state index is -0.218. The average Bonchev–Trinajstić information content (AvgIpc) is 1.65. The van der Waals surface area contributed by atoms with Gasteiger partial charge in [-0.25, -0.2) is 24.3 Å². The standard InChI is InChI=1S/C30H32N6.C27H28FN5.C26H23N7/c1-3-21(2)33-17-23-10-12-34(18-23)27-8-9-28-26(14-27)20-35-19-25(24-6-4-22(16-31)5-7-24)15-29(35)30-32-11-13-36(28)30;1-18-14-31(17-22(18)13-29-2)24-7-8-25-21(11-24)16-32-15-20(19-3-5-23(28)6-4-19)12-26(32)27-30-9-10-33(25)27;27-12-18-1-3-19(4-2-18)20-11-23-25-29-8-10-33(25)22-5-6-24(30-21(22)14-32(23)13-20)31-9-7-26(17-31)15-28-16-26/h4-9,11,13-15,19,21,23,33H,3,10,12,17-18,20H2,1-2H3;3-12,15,18,22,29H,13-14,16-17H2,1-2H3;1-6,8,10-11,13,28H,7,9,14-17H2/t21-,23+;18-,22+;/m10./s1. The SMILES string of the molecule is CC[C@@H](C)NC[C@@H]1CCN(c2ccc3c(c2)Cn2cc(-c4ccc(C#N)cc4)cc2-c2nccn2-3)C1.CNC[C@@H]1CN(c2ccc3c(c2)Cn2cc(-c4ccc(F)cc4)cc2-c2nccn2-3)C[C@@H]1C.N#Cc1ccc(-c2cc3n(c2)Cc2nc(N4CCC5(CNC5)C4)ccc2-n2ccnc2-3)cc1. The molecule has 3 N–H and O–H groups in total. The number of halogens is 1. The Kier molecular flexibility index (Phi) is 16.9. The third kappa shape index (κ3) is 12.1. The summed E-state index contributed by atoms with van der Waals surface area (Å²) in [4.78, 5) is 26.8. The van der Waals surface area contributed by atoms with Gasteiger partial charge in [0.15, 0.2) is 17.5 Å². The summed E-state index contributed by atoms with van der Waals surface area (Å²) in [6.07, 6.45) is 21.9. The molecule has 7 aromatic heterocycles. The van der Waals surface area contributed by atoms with E-state index in [9.17, 15) is 4.39 Å². The van der Waals surface area contributed by atoms with Gasteiger partial charge in [-0.05, 0) is 195 Å². The van der Waals surface area contributed by atoms with Gasteiger partial charge in [0, 0.05) is 161 Å². The molecule has 0 bridgehead atoms. The summed E-state index contributed by atoms with van der Waals surface area (Å²) >= 11 is 0. The summed E-state index contributed by atoms with van der Waals surface area (Å²) in [5.74, 6) is 5.70. The Bertz CT molecular complexity index is 5160. The van der Waals surface area contributed by atoms with Crippen LogP contribution in [0.25, 0.3) is 85.0 Å². The quantitative estimate of drug-likeness (QED) is 0.106. The molecule has 512 valence electrons. The van der Waals surface area contributed by atoms with Crippen LogP contribution in [0.5, 0.6) is 0 Å². The van der Waals surface area contributed by atoms with Crippen molar-refractivity contribution < 1.29 is 4.39 Å². The van der Waals surface area contributed by atoms with Crippen LogP contribution in [0.3, 0.4) is 0 Å². The molecule has 7 aliphatic heterocycles. The van der Waals surface area contributed by atoms with E-state index in [1.807, 2.05) is 98.7 Å². The monoisotopic (exact) mass is 1350 g/mol. The molecule has 4 atom stereocenters. The molecule has 1 spiro atoms. The van der Waals surface area contributed by atoms with E-state index >= 15 is 0 Å². The maximum Gasteiger partial charge on any atom is 0.161 e. The second-order valence-corrected chi connectivity index (χ2v) is 29.0. The Morgan fingerprint density at radius 1 is 0.578 bits per heavy atom. The fourth-order valence-corrected chi connectivity index (χ4v) is 16.3. The second-order valence-electron chi connectivity index (χ2n) is 29.0. The number of nitrogens with zero attached hydrogens (tertiary/aromatic N) is 15. The van der Waals surface area contributed by atoms with Gasteiger partial charge < -0.3 is 44.4 Å². The molecule has 19 rings (SSSR count). The molecule has 18 nitrogen and oxygen atoms in total. The Balaban J connectivity index is 0.000000114. The van der Waals surface area contributed by atoms with Crippen molar-refractivity contribution in [2.45, 2.75) is 65.7 Å². The van der Waals surface area contributed by atoms with Crippen molar-refractivity contribution in [1.29, 1.82) is 10.5 Å². The Labute approximate surface area is 594 Å². The van der Waals surface area contributed by atoms with E-state index in [2.05, 4.69) is 192 Å². The van der Waals surface area contributed by atoms with Crippen molar-refractivity contribution in [3.05, 3.63) is 229 Å². The van der Waals surface area contributed by atoms with Crippen molar-refractivity contribution >= 4 is 17.2 Å². The predicted octanol–water partition coefficient (Wildman–Crippen LogP) is 13.7. The van der Waals surface area contributed by atoms with Gasteiger partial charge in [-0.3, -0.25) is 13.7 Å². The van der Waals surface area contributed by atoms with Gasteiger partial charge in [-0.15, -0.1) is 0 Å². The number of imidazole rings is 3. The molecule has 14 heterocycles. The first-order chi connectivity index (χ1) is 49.9. The maximum absolute atomic E-state index is 13.4. The lowest BCUT2D eigenvalue weighted by atomic mass is 9.81. The van der Waals surface area contributed by atoms with Crippen molar-refractivity contribution in [2.24, 2.45) is 23.2 Å². The van der Waals surface area contributed by atoms with Gasteiger partial charge >= 0.3 is 0 Å². The molecule has 7 aliphatic rings. The molecule has 4 saturated heterocycles.